The SMILES string of the molecule is CC(=O)OC(N)OC(N)=O. The van der Waals surface area contributed by atoms with Gasteiger partial charge in [-0.15, -0.1) is 0 Å². The predicted molar refractivity (Wildman–Crippen MR) is 30.4 cm³/mol. The van der Waals surface area contributed by atoms with Crippen molar-refractivity contribution in [1.82, 2.24) is 0 Å². The zero-order valence-corrected chi connectivity index (χ0v) is 5.37. The quantitative estimate of drug-likeness (QED) is 0.381. The molecule has 6 heteroatoms. The molecule has 1 atom stereocenters. The summed E-state index contributed by atoms with van der Waals surface area (Å²) in [6.07, 6.45) is -2.50. The molecule has 10 heavy (non-hydrogen) atoms. The van der Waals surface area contributed by atoms with Gasteiger partial charge in [-0.3, -0.25) is 10.5 Å². The number of rotatable bonds is 2. The summed E-state index contributed by atoms with van der Waals surface area (Å²) in [6.45, 7) is 1.13. The summed E-state index contributed by atoms with van der Waals surface area (Å²) in [6, 6.07) is 0. The fraction of sp³-hybridized carbons (Fsp3) is 0.500. The summed E-state index contributed by atoms with van der Waals surface area (Å²) in [4.78, 5) is 20.0. The van der Waals surface area contributed by atoms with Crippen LogP contribution in [0, 0.1) is 0 Å². The fourth-order valence-electron chi connectivity index (χ4n) is 0.302. The maximum atomic E-state index is 10.1. The van der Waals surface area contributed by atoms with Gasteiger partial charge in [0.05, 0.1) is 0 Å². The van der Waals surface area contributed by atoms with Crippen molar-refractivity contribution in [3.63, 3.8) is 0 Å². The van der Waals surface area contributed by atoms with Gasteiger partial charge in [-0.2, -0.15) is 0 Å². The van der Waals surface area contributed by atoms with Crippen LogP contribution in [0.5, 0.6) is 0 Å². The van der Waals surface area contributed by atoms with E-state index >= 15 is 0 Å². The largest absolute Gasteiger partial charge is 0.411 e. The second-order valence-corrected chi connectivity index (χ2v) is 1.41. The Balaban J connectivity index is 3.53. The lowest BCUT2D eigenvalue weighted by molar-refractivity contribution is -0.163. The summed E-state index contributed by atoms with van der Waals surface area (Å²) >= 11 is 0. The van der Waals surface area contributed by atoms with E-state index in [1.54, 1.807) is 0 Å². The molecule has 0 radical (unpaired) electrons. The number of hydrogen-bond donors (Lipinski definition) is 2. The summed E-state index contributed by atoms with van der Waals surface area (Å²) in [7, 11) is 0. The monoisotopic (exact) mass is 148 g/mol. The molecule has 4 N–H and O–H groups in total. The maximum absolute atomic E-state index is 10.1. The first kappa shape index (κ1) is 8.70. The molecule has 0 saturated heterocycles. The summed E-state index contributed by atoms with van der Waals surface area (Å²) in [5, 5.41) is 0. The minimum atomic E-state index is -1.41. The highest BCUT2D eigenvalue weighted by Crippen LogP contribution is 1.85. The van der Waals surface area contributed by atoms with Crippen molar-refractivity contribution >= 4 is 12.1 Å². The number of primary amides is 1. The Morgan fingerprint density at radius 2 is 1.90 bits per heavy atom. The zero-order chi connectivity index (χ0) is 8.15. The number of hydrogen-bond acceptors (Lipinski definition) is 5. The minimum absolute atomic E-state index is 0.645. The smallest absolute Gasteiger partial charge is 0.408 e. The lowest BCUT2D eigenvalue weighted by Gasteiger charge is -2.09. The van der Waals surface area contributed by atoms with Crippen molar-refractivity contribution < 1.29 is 19.1 Å². The average Bonchev–Trinajstić information content (AvgIpc) is 1.58. The summed E-state index contributed by atoms with van der Waals surface area (Å²) in [5.41, 5.74) is 9.45. The van der Waals surface area contributed by atoms with Crippen molar-refractivity contribution in [2.24, 2.45) is 11.5 Å². The standard InChI is InChI=1S/C4H8N2O4/c1-2(7)9-4(6)10-3(5)8/h4H,6H2,1H3,(H2,5,8). The van der Waals surface area contributed by atoms with Crippen molar-refractivity contribution in [3.8, 4) is 0 Å². The van der Waals surface area contributed by atoms with Gasteiger partial charge in [0, 0.05) is 6.92 Å². The molecule has 6 nitrogen and oxygen atoms in total. The molecule has 0 bridgehead atoms. The predicted octanol–water partition coefficient (Wildman–Crippen LogP) is -1.11. The highest BCUT2D eigenvalue weighted by molar-refractivity contribution is 5.67. The van der Waals surface area contributed by atoms with E-state index in [-0.39, 0.29) is 0 Å². The molecule has 0 aliphatic heterocycles. The normalized spacial score (nSPS) is 11.8. The molecule has 0 aliphatic carbocycles. The Bertz CT molecular complexity index is 130. The molecule has 1 amide bonds. The number of carbonyl (C=O) groups is 2. The Morgan fingerprint density at radius 3 is 2.20 bits per heavy atom. The summed E-state index contributed by atoms with van der Waals surface area (Å²) in [5.74, 6) is -0.645. The molecule has 0 aromatic rings. The van der Waals surface area contributed by atoms with Crippen LogP contribution in [0.2, 0.25) is 0 Å². The van der Waals surface area contributed by atoms with Gasteiger partial charge in [-0.05, 0) is 0 Å². The van der Waals surface area contributed by atoms with E-state index in [1.165, 1.54) is 0 Å². The highest BCUT2D eigenvalue weighted by atomic mass is 16.7. The van der Waals surface area contributed by atoms with Crippen molar-refractivity contribution in [2.45, 2.75) is 13.3 Å². The first-order valence-electron chi connectivity index (χ1n) is 2.41. The topological polar surface area (TPSA) is 105 Å². The Kier molecular flexibility index (Phi) is 3.20. The Labute approximate surface area is 57.1 Å². The third-order valence-electron chi connectivity index (χ3n) is 0.514. The first-order valence-corrected chi connectivity index (χ1v) is 2.41. The van der Waals surface area contributed by atoms with Crippen molar-refractivity contribution in [2.75, 3.05) is 0 Å². The molecule has 0 aromatic carbocycles. The van der Waals surface area contributed by atoms with E-state index in [2.05, 4.69) is 15.2 Å². The van der Waals surface area contributed by atoms with Crippen LogP contribution >= 0.6 is 0 Å². The molecule has 0 heterocycles. The van der Waals surface area contributed by atoms with E-state index in [9.17, 15) is 9.59 Å². The molecule has 0 aliphatic rings. The molecule has 58 valence electrons. The Hall–Kier alpha value is -1.30. The molecule has 0 fully saturated rings. The molecule has 1 unspecified atom stereocenters. The average molecular weight is 148 g/mol. The van der Waals surface area contributed by atoms with Crippen LogP contribution in [0.25, 0.3) is 0 Å². The van der Waals surface area contributed by atoms with Gasteiger partial charge in [-0.25, -0.2) is 4.79 Å². The van der Waals surface area contributed by atoms with E-state index in [0.717, 1.165) is 6.92 Å². The molecular weight excluding hydrogens is 140 g/mol. The van der Waals surface area contributed by atoms with Crippen molar-refractivity contribution in [3.05, 3.63) is 0 Å². The molecule has 0 aromatic heterocycles. The van der Waals surface area contributed by atoms with E-state index in [0.29, 0.717) is 0 Å². The number of amides is 1. The molecule has 0 saturated carbocycles. The van der Waals surface area contributed by atoms with Crippen LogP contribution < -0.4 is 11.5 Å². The second-order valence-electron chi connectivity index (χ2n) is 1.41. The van der Waals surface area contributed by atoms with Gasteiger partial charge in [0.2, 0.25) is 0 Å². The molecular formula is C4H8N2O4. The lowest BCUT2D eigenvalue weighted by Crippen LogP contribution is -2.33. The number of ether oxygens (including phenoxy) is 2. The fourth-order valence-corrected chi connectivity index (χ4v) is 0.302. The number of nitrogens with two attached hydrogens (primary N) is 2. The second kappa shape index (κ2) is 3.67. The number of carbonyl (C=O) groups excluding carboxylic acids is 2. The van der Waals surface area contributed by atoms with Crippen LogP contribution in [0.4, 0.5) is 4.79 Å². The van der Waals surface area contributed by atoms with Gasteiger partial charge in [0.1, 0.15) is 0 Å². The third kappa shape index (κ3) is 4.85. The van der Waals surface area contributed by atoms with E-state index in [1.807, 2.05) is 0 Å². The highest BCUT2D eigenvalue weighted by Gasteiger charge is 2.07. The van der Waals surface area contributed by atoms with Crippen molar-refractivity contribution in [1.29, 1.82) is 0 Å². The van der Waals surface area contributed by atoms with Crippen LogP contribution in [0.3, 0.4) is 0 Å². The van der Waals surface area contributed by atoms with Crippen LogP contribution in [0.15, 0.2) is 0 Å². The van der Waals surface area contributed by atoms with Crippen LogP contribution in [-0.2, 0) is 14.3 Å². The zero-order valence-electron chi connectivity index (χ0n) is 5.37. The first-order chi connectivity index (χ1) is 4.52. The van der Waals surface area contributed by atoms with Gasteiger partial charge in [0.25, 0.3) is 0 Å². The number of esters is 1. The van der Waals surface area contributed by atoms with Gasteiger partial charge in [0.15, 0.2) is 0 Å². The summed E-state index contributed by atoms with van der Waals surface area (Å²) < 4.78 is 8.21. The molecule has 0 rings (SSSR count). The van der Waals surface area contributed by atoms with E-state index in [4.69, 9.17) is 5.73 Å². The lowest BCUT2D eigenvalue weighted by atomic mass is 10.8. The maximum Gasteiger partial charge on any atom is 0.408 e. The van der Waals surface area contributed by atoms with Gasteiger partial charge in [-0.1, -0.05) is 0 Å². The van der Waals surface area contributed by atoms with E-state index < -0.39 is 18.5 Å². The van der Waals surface area contributed by atoms with Gasteiger partial charge >= 0.3 is 18.5 Å². The molecule has 0 spiro atoms. The Morgan fingerprint density at radius 1 is 1.40 bits per heavy atom. The van der Waals surface area contributed by atoms with Crippen LogP contribution in [0.1, 0.15) is 6.92 Å². The van der Waals surface area contributed by atoms with Gasteiger partial charge < -0.3 is 15.2 Å². The van der Waals surface area contributed by atoms with Crippen LogP contribution in [-0.4, -0.2) is 18.5 Å². The minimum Gasteiger partial charge on any atom is -0.411 e. The third-order valence-corrected chi connectivity index (χ3v) is 0.514.